The van der Waals surface area contributed by atoms with Crippen LogP contribution >= 0.6 is 11.3 Å². The number of benzene rings is 1. The molecule has 0 bridgehead atoms. The number of sulfone groups is 1. The molecule has 114 valence electrons. The van der Waals surface area contributed by atoms with Crippen LogP contribution in [0, 0.1) is 6.92 Å². The SMILES string of the molecule is Cc1ccc(CS(=O)(=O)Cc2coc(-c3cccs3)n2)cc1. The number of aryl methyl sites for hydroxylation is 1. The van der Waals surface area contributed by atoms with Crippen LogP contribution in [-0.4, -0.2) is 13.4 Å². The molecule has 0 N–H and O–H groups in total. The van der Waals surface area contributed by atoms with E-state index in [0.717, 1.165) is 16.0 Å². The van der Waals surface area contributed by atoms with Gasteiger partial charge in [-0.3, -0.25) is 0 Å². The Balaban J connectivity index is 1.73. The van der Waals surface area contributed by atoms with E-state index < -0.39 is 9.84 Å². The van der Waals surface area contributed by atoms with Gasteiger partial charge in [-0.1, -0.05) is 35.9 Å². The molecular formula is C16H15NO3S2. The van der Waals surface area contributed by atoms with Gasteiger partial charge < -0.3 is 4.42 Å². The average molecular weight is 333 g/mol. The fraction of sp³-hybridized carbons (Fsp3) is 0.188. The molecule has 0 aliphatic heterocycles. The van der Waals surface area contributed by atoms with Crippen molar-refractivity contribution in [1.29, 1.82) is 0 Å². The quantitative estimate of drug-likeness (QED) is 0.712. The number of oxazole rings is 1. The van der Waals surface area contributed by atoms with Gasteiger partial charge in [0.2, 0.25) is 5.89 Å². The van der Waals surface area contributed by atoms with Crippen molar-refractivity contribution in [3.63, 3.8) is 0 Å². The molecule has 0 amide bonds. The van der Waals surface area contributed by atoms with Crippen LogP contribution in [-0.2, 0) is 21.3 Å². The number of hydrogen-bond donors (Lipinski definition) is 0. The van der Waals surface area contributed by atoms with Crippen molar-refractivity contribution in [1.82, 2.24) is 4.98 Å². The van der Waals surface area contributed by atoms with Crippen LogP contribution in [0.1, 0.15) is 16.8 Å². The van der Waals surface area contributed by atoms with Crippen molar-refractivity contribution in [3.05, 3.63) is 64.9 Å². The maximum atomic E-state index is 12.3. The summed E-state index contributed by atoms with van der Waals surface area (Å²) in [6.07, 6.45) is 1.42. The maximum absolute atomic E-state index is 12.3. The lowest BCUT2D eigenvalue weighted by Crippen LogP contribution is -2.08. The van der Waals surface area contributed by atoms with Gasteiger partial charge in [0, 0.05) is 0 Å². The lowest BCUT2D eigenvalue weighted by molar-refractivity contribution is 0.573. The highest BCUT2D eigenvalue weighted by molar-refractivity contribution is 7.89. The molecule has 1 aromatic carbocycles. The van der Waals surface area contributed by atoms with Crippen molar-refractivity contribution in [2.45, 2.75) is 18.4 Å². The highest BCUT2D eigenvalue weighted by Gasteiger charge is 2.17. The summed E-state index contributed by atoms with van der Waals surface area (Å²) in [5.41, 5.74) is 2.33. The van der Waals surface area contributed by atoms with Gasteiger partial charge in [-0.05, 0) is 23.9 Å². The Kier molecular flexibility index (Phi) is 4.13. The van der Waals surface area contributed by atoms with E-state index in [1.807, 2.05) is 48.7 Å². The number of rotatable bonds is 5. The summed E-state index contributed by atoms with van der Waals surface area (Å²) < 4.78 is 29.9. The number of nitrogens with zero attached hydrogens (tertiary/aromatic N) is 1. The summed E-state index contributed by atoms with van der Waals surface area (Å²) in [5, 5.41) is 1.92. The molecule has 0 aliphatic rings. The smallest absolute Gasteiger partial charge is 0.236 e. The predicted molar refractivity (Wildman–Crippen MR) is 87.3 cm³/mol. The molecule has 2 heterocycles. The fourth-order valence-corrected chi connectivity index (χ4v) is 4.14. The summed E-state index contributed by atoms with van der Waals surface area (Å²) >= 11 is 1.51. The maximum Gasteiger partial charge on any atom is 0.236 e. The molecule has 0 radical (unpaired) electrons. The molecule has 2 aromatic heterocycles. The number of aromatic nitrogens is 1. The Morgan fingerprint density at radius 3 is 2.59 bits per heavy atom. The molecule has 4 nitrogen and oxygen atoms in total. The highest BCUT2D eigenvalue weighted by Crippen LogP contribution is 2.24. The molecule has 0 unspecified atom stereocenters. The van der Waals surface area contributed by atoms with Gasteiger partial charge in [0.1, 0.15) is 6.26 Å². The van der Waals surface area contributed by atoms with E-state index in [4.69, 9.17) is 4.42 Å². The molecule has 3 aromatic rings. The highest BCUT2D eigenvalue weighted by atomic mass is 32.2. The Bertz CT molecular complexity index is 847. The lowest BCUT2D eigenvalue weighted by atomic mass is 10.2. The Hall–Kier alpha value is -1.92. The first kappa shape index (κ1) is 15.0. The first-order valence-corrected chi connectivity index (χ1v) is 9.46. The standard InChI is InChI=1S/C16H15NO3S2/c1-12-4-6-13(7-5-12)10-22(18,19)11-14-9-20-16(17-14)15-3-2-8-21-15/h2-9H,10-11H2,1H3. The molecule has 0 spiro atoms. The minimum Gasteiger partial charge on any atom is -0.444 e. The molecule has 0 fully saturated rings. The van der Waals surface area contributed by atoms with Crippen LogP contribution in [0.4, 0.5) is 0 Å². The van der Waals surface area contributed by atoms with Crippen molar-refractivity contribution in [2.75, 3.05) is 0 Å². The lowest BCUT2D eigenvalue weighted by Gasteiger charge is -2.03. The summed E-state index contributed by atoms with van der Waals surface area (Å²) in [6, 6.07) is 11.3. The molecule has 0 saturated heterocycles. The fourth-order valence-electron chi connectivity index (χ4n) is 2.10. The molecule has 0 saturated carbocycles. The van der Waals surface area contributed by atoms with E-state index in [2.05, 4.69) is 4.98 Å². The molecular weight excluding hydrogens is 318 g/mol. The second kappa shape index (κ2) is 6.06. The van der Waals surface area contributed by atoms with Crippen LogP contribution < -0.4 is 0 Å². The molecule has 22 heavy (non-hydrogen) atoms. The normalized spacial score (nSPS) is 11.7. The van der Waals surface area contributed by atoms with Crippen LogP contribution in [0.2, 0.25) is 0 Å². The topological polar surface area (TPSA) is 60.2 Å². The van der Waals surface area contributed by atoms with Crippen molar-refractivity contribution in [3.8, 4) is 10.8 Å². The Morgan fingerprint density at radius 1 is 1.14 bits per heavy atom. The molecule has 0 aliphatic carbocycles. The molecule has 6 heteroatoms. The second-order valence-corrected chi connectivity index (χ2v) is 8.15. The first-order chi connectivity index (χ1) is 10.5. The van der Waals surface area contributed by atoms with Gasteiger partial charge in [-0.25, -0.2) is 13.4 Å². The summed E-state index contributed by atoms with van der Waals surface area (Å²) in [7, 11) is -3.28. The van der Waals surface area contributed by atoms with Crippen molar-refractivity contribution < 1.29 is 12.8 Å². The van der Waals surface area contributed by atoms with Crippen molar-refractivity contribution in [2.24, 2.45) is 0 Å². The van der Waals surface area contributed by atoms with Crippen LogP contribution in [0.25, 0.3) is 10.8 Å². The number of thiophene rings is 1. The zero-order valence-corrected chi connectivity index (χ0v) is 13.7. The second-order valence-electron chi connectivity index (χ2n) is 5.14. The summed E-state index contributed by atoms with van der Waals surface area (Å²) in [5.74, 6) is 0.361. The third-order valence-electron chi connectivity index (χ3n) is 3.16. The van der Waals surface area contributed by atoms with Gasteiger partial charge in [0.15, 0.2) is 9.84 Å². The van der Waals surface area contributed by atoms with E-state index >= 15 is 0 Å². The Morgan fingerprint density at radius 2 is 1.91 bits per heavy atom. The van der Waals surface area contributed by atoms with Crippen LogP contribution in [0.5, 0.6) is 0 Å². The third-order valence-corrected chi connectivity index (χ3v) is 5.53. The van der Waals surface area contributed by atoms with Crippen molar-refractivity contribution >= 4 is 21.2 Å². The minimum absolute atomic E-state index is 0.00841. The largest absolute Gasteiger partial charge is 0.444 e. The van der Waals surface area contributed by atoms with Crippen LogP contribution in [0.3, 0.4) is 0 Å². The van der Waals surface area contributed by atoms with E-state index in [-0.39, 0.29) is 11.5 Å². The van der Waals surface area contributed by atoms with E-state index in [9.17, 15) is 8.42 Å². The van der Waals surface area contributed by atoms with Gasteiger partial charge in [-0.2, -0.15) is 0 Å². The zero-order chi connectivity index (χ0) is 15.6. The van der Waals surface area contributed by atoms with E-state index in [0.29, 0.717) is 11.6 Å². The minimum atomic E-state index is -3.28. The van der Waals surface area contributed by atoms with Crippen LogP contribution in [0.15, 0.2) is 52.5 Å². The molecule has 3 rings (SSSR count). The van der Waals surface area contributed by atoms with Gasteiger partial charge in [0.05, 0.1) is 22.1 Å². The van der Waals surface area contributed by atoms with E-state index in [1.54, 1.807) is 0 Å². The molecule has 0 atom stereocenters. The Labute approximate surface area is 133 Å². The summed E-state index contributed by atoms with van der Waals surface area (Å²) in [4.78, 5) is 5.15. The van der Waals surface area contributed by atoms with Gasteiger partial charge in [-0.15, -0.1) is 11.3 Å². The summed E-state index contributed by atoms with van der Waals surface area (Å²) in [6.45, 7) is 1.97. The monoisotopic (exact) mass is 333 g/mol. The zero-order valence-electron chi connectivity index (χ0n) is 12.0. The number of hydrogen-bond acceptors (Lipinski definition) is 5. The van der Waals surface area contributed by atoms with E-state index in [1.165, 1.54) is 17.6 Å². The first-order valence-electron chi connectivity index (χ1n) is 6.76. The van der Waals surface area contributed by atoms with Gasteiger partial charge >= 0.3 is 0 Å². The predicted octanol–water partition coefficient (Wildman–Crippen LogP) is 3.83. The average Bonchev–Trinajstić information content (AvgIpc) is 3.11. The third kappa shape index (κ3) is 3.64. The van der Waals surface area contributed by atoms with Gasteiger partial charge in [0.25, 0.3) is 0 Å².